The quantitative estimate of drug-likeness (QED) is 0.288. The van der Waals surface area contributed by atoms with Crippen LogP contribution in [0.3, 0.4) is 0 Å². The molecule has 68 valence electrons. The predicted octanol–water partition coefficient (Wildman–Crippen LogP) is -3.07. The van der Waals surface area contributed by atoms with Crippen molar-refractivity contribution in [2.75, 3.05) is 0 Å². The molecule has 2 N–H and O–H groups in total. The smallest absolute Gasteiger partial charge is 0.479 e. The van der Waals surface area contributed by atoms with Crippen LogP contribution in [0.4, 0.5) is 0 Å². The monoisotopic (exact) mass is 212 g/mol. The summed E-state index contributed by atoms with van der Waals surface area (Å²) in [5, 5.41) is 16.2. The second-order valence-corrected chi connectivity index (χ2v) is 1.94. The van der Waals surface area contributed by atoms with Crippen LogP contribution in [0.5, 0.6) is 0 Å². The molecule has 0 aliphatic carbocycles. The van der Waals surface area contributed by atoms with Crippen LogP contribution < -0.4 is 51.4 Å². The average molecular weight is 212 g/mol. The Balaban J connectivity index is 0. The van der Waals surface area contributed by atoms with Crippen molar-refractivity contribution in [1.82, 2.24) is 0 Å². The standard InChI is InChI=1S/C4H4O5.C3H5.K/c5-3(6)1-2(9-1)4(7)8;1-3-2;/h1-2H,(H,5,6)(H,7,8);3H,1-2H2;/q;-1;+1. The third kappa shape index (κ3) is 6.25. The van der Waals surface area contributed by atoms with Crippen LogP contribution in [0.2, 0.25) is 0 Å². The Kier molecular flexibility index (Phi) is 9.06. The van der Waals surface area contributed by atoms with Crippen LogP contribution >= 0.6 is 0 Å². The van der Waals surface area contributed by atoms with Crippen LogP contribution in [-0.2, 0) is 14.3 Å². The fourth-order valence-corrected chi connectivity index (χ4v) is 0.488. The van der Waals surface area contributed by atoms with E-state index in [1.165, 1.54) is 6.08 Å². The van der Waals surface area contributed by atoms with Gasteiger partial charge >= 0.3 is 63.3 Å². The molecule has 1 saturated heterocycles. The molecule has 0 aromatic rings. The molecule has 0 radical (unpaired) electrons. The summed E-state index contributed by atoms with van der Waals surface area (Å²) in [6.07, 6.45) is -0.745. The first-order valence-electron chi connectivity index (χ1n) is 3.05. The third-order valence-electron chi connectivity index (χ3n) is 0.978. The minimum absolute atomic E-state index is 0. The number of ether oxygens (including phenoxy) is 1. The summed E-state index contributed by atoms with van der Waals surface area (Å²) in [5.41, 5.74) is 0. The van der Waals surface area contributed by atoms with E-state index < -0.39 is 24.1 Å². The molecule has 0 bridgehead atoms. The number of hydrogen-bond donors (Lipinski definition) is 2. The summed E-state index contributed by atoms with van der Waals surface area (Å²) in [6.45, 7) is 6.50. The first kappa shape index (κ1) is 15.6. The average Bonchev–Trinajstić information content (AvgIpc) is 2.65. The van der Waals surface area contributed by atoms with Crippen molar-refractivity contribution < 1.29 is 75.9 Å². The molecule has 6 heteroatoms. The van der Waals surface area contributed by atoms with E-state index in [-0.39, 0.29) is 51.4 Å². The molecular weight excluding hydrogens is 203 g/mol. The van der Waals surface area contributed by atoms with E-state index in [9.17, 15) is 9.59 Å². The fourth-order valence-electron chi connectivity index (χ4n) is 0.488. The summed E-state index contributed by atoms with van der Waals surface area (Å²) in [6, 6.07) is 0. The van der Waals surface area contributed by atoms with Gasteiger partial charge in [-0.05, 0) is 0 Å². The molecule has 0 saturated carbocycles. The minimum atomic E-state index is -1.22. The number of epoxide rings is 1. The number of aliphatic carboxylic acids is 2. The van der Waals surface area contributed by atoms with E-state index >= 15 is 0 Å². The normalized spacial score (nSPS) is 22.8. The number of carboxylic acids is 2. The molecule has 2 unspecified atom stereocenters. The van der Waals surface area contributed by atoms with Crippen molar-refractivity contribution in [3.05, 3.63) is 19.6 Å². The molecule has 1 fully saturated rings. The van der Waals surface area contributed by atoms with Crippen LogP contribution in [0, 0.1) is 6.92 Å². The van der Waals surface area contributed by atoms with Gasteiger partial charge in [0, 0.05) is 0 Å². The van der Waals surface area contributed by atoms with E-state index in [2.05, 4.69) is 18.2 Å². The molecule has 1 rings (SSSR count). The van der Waals surface area contributed by atoms with Crippen molar-refractivity contribution in [2.45, 2.75) is 12.2 Å². The second-order valence-electron chi connectivity index (χ2n) is 1.94. The Morgan fingerprint density at radius 2 is 1.54 bits per heavy atom. The maximum Gasteiger partial charge on any atom is 1.00 e. The fraction of sp³-hybridized carbons (Fsp3) is 0.286. The first-order chi connectivity index (χ1) is 5.54. The topological polar surface area (TPSA) is 87.1 Å². The Bertz CT molecular complexity index is 185. The molecule has 0 spiro atoms. The van der Waals surface area contributed by atoms with E-state index in [0.717, 1.165) is 0 Å². The van der Waals surface area contributed by atoms with E-state index in [1.807, 2.05) is 0 Å². The molecule has 0 amide bonds. The van der Waals surface area contributed by atoms with Gasteiger partial charge in [0.05, 0.1) is 0 Å². The molecule has 2 atom stereocenters. The van der Waals surface area contributed by atoms with Crippen LogP contribution in [-0.4, -0.2) is 34.4 Å². The van der Waals surface area contributed by atoms with Crippen LogP contribution in [0.15, 0.2) is 12.7 Å². The SMILES string of the molecule is C=C[CH2-].O=C(O)C1OC1C(=O)O.[K+]. The van der Waals surface area contributed by atoms with Gasteiger partial charge in [-0.3, -0.25) is 0 Å². The molecular formula is C7H9KO5. The number of carboxylic acid groups (broad SMARTS) is 2. The Labute approximate surface area is 118 Å². The van der Waals surface area contributed by atoms with E-state index in [0.29, 0.717) is 0 Å². The van der Waals surface area contributed by atoms with Gasteiger partial charge in [0.25, 0.3) is 0 Å². The summed E-state index contributed by atoms with van der Waals surface area (Å²) < 4.78 is 4.24. The van der Waals surface area contributed by atoms with Gasteiger partial charge in [-0.25, -0.2) is 29.2 Å². The Hall–Kier alpha value is 0.146. The van der Waals surface area contributed by atoms with Gasteiger partial charge in [-0.2, -0.15) is 0 Å². The van der Waals surface area contributed by atoms with Gasteiger partial charge in [0.2, 0.25) is 0 Å². The summed E-state index contributed by atoms with van der Waals surface area (Å²) >= 11 is 0. The van der Waals surface area contributed by atoms with Gasteiger partial charge in [0.1, 0.15) is 0 Å². The van der Waals surface area contributed by atoms with Crippen molar-refractivity contribution in [2.24, 2.45) is 0 Å². The zero-order valence-corrected chi connectivity index (χ0v) is 10.4. The van der Waals surface area contributed by atoms with Crippen LogP contribution in [0.1, 0.15) is 0 Å². The summed E-state index contributed by atoms with van der Waals surface area (Å²) in [4.78, 5) is 19.8. The molecule has 5 nitrogen and oxygen atoms in total. The van der Waals surface area contributed by atoms with E-state index in [1.54, 1.807) is 0 Å². The van der Waals surface area contributed by atoms with E-state index in [4.69, 9.17) is 10.2 Å². The van der Waals surface area contributed by atoms with Crippen molar-refractivity contribution in [3.63, 3.8) is 0 Å². The molecule has 1 aliphatic heterocycles. The largest absolute Gasteiger partial charge is 1.00 e. The van der Waals surface area contributed by atoms with Crippen molar-refractivity contribution >= 4 is 11.9 Å². The van der Waals surface area contributed by atoms with Gasteiger partial charge in [0.15, 0.2) is 12.2 Å². The zero-order chi connectivity index (χ0) is 9.72. The first-order valence-corrected chi connectivity index (χ1v) is 3.05. The summed E-state index contributed by atoms with van der Waals surface area (Å²) in [5.74, 6) is -2.44. The zero-order valence-electron chi connectivity index (χ0n) is 7.27. The number of carbonyl (C=O) groups is 2. The summed E-state index contributed by atoms with van der Waals surface area (Å²) in [7, 11) is 0. The van der Waals surface area contributed by atoms with Gasteiger partial charge in [-0.1, -0.05) is 0 Å². The van der Waals surface area contributed by atoms with Crippen molar-refractivity contribution in [3.8, 4) is 0 Å². The predicted molar refractivity (Wildman–Crippen MR) is 39.5 cm³/mol. The maximum atomic E-state index is 9.89. The molecule has 13 heavy (non-hydrogen) atoms. The Morgan fingerprint density at radius 1 is 1.31 bits per heavy atom. The molecule has 1 aliphatic rings. The number of hydrogen-bond acceptors (Lipinski definition) is 3. The number of allylic oxidation sites excluding steroid dienone is 1. The molecule has 1 heterocycles. The maximum absolute atomic E-state index is 9.89. The third-order valence-corrected chi connectivity index (χ3v) is 0.978. The minimum Gasteiger partial charge on any atom is -0.479 e. The molecule has 0 aromatic carbocycles. The van der Waals surface area contributed by atoms with Gasteiger partial charge < -0.3 is 14.9 Å². The second kappa shape index (κ2) is 7.54. The van der Waals surface area contributed by atoms with Crippen molar-refractivity contribution in [1.29, 1.82) is 0 Å². The number of rotatable bonds is 2. The molecule has 0 aromatic heterocycles. The van der Waals surface area contributed by atoms with Gasteiger partial charge in [-0.15, -0.1) is 0 Å². The van der Waals surface area contributed by atoms with Crippen LogP contribution in [0.25, 0.3) is 0 Å². The Morgan fingerprint density at radius 3 is 1.62 bits per heavy atom.